The molecule has 1 aliphatic carbocycles. The van der Waals surface area contributed by atoms with E-state index < -0.39 is 0 Å². The van der Waals surface area contributed by atoms with Crippen LogP contribution in [0, 0.1) is 6.92 Å². The number of rotatable bonds is 6. The van der Waals surface area contributed by atoms with Gasteiger partial charge in [0.25, 0.3) is 0 Å². The lowest BCUT2D eigenvalue weighted by atomic mass is 10.0. The Bertz CT molecular complexity index is 935. The van der Waals surface area contributed by atoms with Gasteiger partial charge in [-0.2, -0.15) is 4.98 Å². The number of nitrogens with one attached hydrogen (secondary N) is 3. The number of alkyl halides is 1. The summed E-state index contributed by atoms with van der Waals surface area (Å²) < 4.78 is 6.07. The Hall–Kier alpha value is -2.57. The van der Waals surface area contributed by atoms with Crippen LogP contribution in [0.15, 0.2) is 53.9 Å². The zero-order chi connectivity index (χ0) is 20.9. The van der Waals surface area contributed by atoms with Crippen molar-refractivity contribution in [2.45, 2.75) is 44.6 Å². The minimum Gasteiger partial charge on any atom is -0.490 e. The van der Waals surface area contributed by atoms with Gasteiger partial charge in [0.15, 0.2) is 0 Å². The molecule has 1 aromatic heterocycles. The number of aromatic nitrogens is 2. The van der Waals surface area contributed by atoms with Crippen molar-refractivity contribution in [3.05, 3.63) is 59.4 Å². The molecule has 1 aromatic carbocycles. The maximum Gasteiger partial charge on any atom is 0.229 e. The number of piperidine rings is 1. The van der Waals surface area contributed by atoms with Crippen molar-refractivity contribution in [1.29, 1.82) is 0 Å². The highest BCUT2D eigenvalue weighted by molar-refractivity contribution is 6.22. The quantitative estimate of drug-likeness (QED) is 0.571. The number of ether oxygens (including phenoxy) is 1. The second-order valence-electron chi connectivity index (χ2n) is 7.82. The first-order chi connectivity index (χ1) is 14.6. The second kappa shape index (κ2) is 9.49. The molecule has 0 spiro atoms. The molecule has 7 heteroatoms. The molecule has 2 aromatic rings. The van der Waals surface area contributed by atoms with Gasteiger partial charge in [0.1, 0.15) is 17.7 Å². The van der Waals surface area contributed by atoms with E-state index >= 15 is 0 Å². The fraction of sp³-hybridized carbons (Fsp3) is 0.391. The van der Waals surface area contributed by atoms with Crippen molar-refractivity contribution in [3.8, 4) is 5.75 Å². The van der Waals surface area contributed by atoms with E-state index in [4.69, 9.17) is 16.3 Å². The average molecular weight is 426 g/mol. The Labute approximate surface area is 182 Å². The first-order valence-corrected chi connectivity index (χ1v) is 10.9. The molecule has 30 heavy (non-hydrogen) atoms. The average Bonchev–Trinajstić information content (AvgIpc) is 2.75. The molecule has 0 amide bonds. The number of hydrogen-bond acceptors (Lipinski definition) is 6. The van der Waals surface area contributed by atoms with Crippen molar-refractivity contribution in [2.75, 3.05) is 23.7 Å². The van der Waals surface area contributed by atoms with E-state index in [9.17, 15) is 0 Å². The molecule has 1 saturated heterocycles. The first-order valence-electron chi connectivity index (χ1n) is 10.4. The summed E-state index contributed by atoms with van der Waals surface area (Å²) in [4.78, 5) is 9.06. The molecule has 1 aliphatic heterocycles. The zero-order valence-corrected chi connectivity index (χ0v) is 18.2. The van der Waals surface area contributed by atoms with E-state index in [1.807, 2.05) is 44.3 Å². The first kappa shape index (κ1) is 20.7. The van der Waals surface area contributed by atoms with Gasteiger partial charge in [-0.1, -0.05) is 11.6 Å². The van der Waals surface area contributed by atoms with E-state index in [-0.39, 0.29) is 5.38 Å². The minimum absolute atomic E-state index is 0.0704. The van der Waals surface area contributed by atoms with Gasteiger partial charge in [0.2, 0.25) is 5.95 Å². The topological polar surface area (TPSA) is 71.1 Å². The standard InChI is InChI=1S/C23H28ClN5O/c1-15-13-18(5-8-21(15)24)27-22-16(2)14-26-23(29-22)28-17-3-6-19(7-4-17)30-20-9-11-25-12-10-20/h3-7,13-14,20-21,25H,8-12H2,1-2H3,(H2,26,27,28,29). The van der Waals surface area contributed by atoms with Gasteiger partial charge in [-0.3, -0.25) is 0 Å². The lowest BCUT2D eigenvalue weighted by Gasteiger charge is -2.23. The van der Waals surface area contributed by atoms with Gasteiger partial charge in [-0.05, 0) is 76.5 Å². The number of halogens is 1. The lowest BCUT2D eigenvalue weighted by molar-refractivity contribution is 0.162. The van der Waals surface area contributed by atoms with Crippen molar-refractivity contribution in [1.82, 2.24) is 15.3 Å². The van der Waals surface area contributed by atoms with Gasteiger partial charge in [0, 0.05) is 23.1 Å². The van der Waals surface area contributed by atoms with Crippen LogP contribution in [0.4, 0.5) is 17.5 Å². The molecule has 0 radical (unpaired) electrons. The van der Waals surface area contributed by atoms with E-state index in [1.54, 1.807) is 0 Å². The van der Waals surface area contributed by atoms with Crippen molar-refractivity contribution >= 4 is 29.1 Å². The molecule has 2 heterocycles. The van der Waals surface area contributed by atoms with E-state index in [2.05, 4.69) is 38.1 Å². The smallest absolute Gasteiger partial charge is 0.229 e. The molecule has 0 saturated carbocycles. The van der Waals surface area contributed by atoms with Crippen LogP contribution < -0.4 is 20.7 Å². The molecule has 1 fully saturated rings. The number of nitrogens with zero attached hydrogens (tertiary/aromatic N) is 2. The summed E-state index contributed by atoms with van der Waals surface area (Å²) in [5.74, 6) is 2.22. The number of allylic oxidation sites excluding steroid dienone is 3. The molecule has 1 unspecified atom stereocenters. The predicted octanol–water partition coefficient (Wildman–Crippen LogP) is 4.91. The Balaban J connectivity index is 1.40. The molecular formula is C23H28ClN5O. The van der Waals surface area contributed by atoms with E-state index in [0.29, 0.717) is 12.1 Å². The fourth-order valence-corrected chi connectivity index (χ4v) is 3.67. The van der Waals surface area contributed by atoms with Crippen LogP contribution >= 0.6 is 11.6 Å². The van der Waals surface area contributed by atoms with Crippen molar-refractivity contribution < 1.29 is 4.74 Å². The van der Waals surface area contributed by atoms with Crippen molar-refractivity contribution in [3.63, 3.8) is 0 Å². The third kappa shape index (κ3) is 5.32. The molecule has 3 N–H and O–H groups in total. The molecule has 2 aliphatic rings. The summed E-state index contributed by atoms with van der Waals surface area (Å²) in [5.41, 5.74) is 4.06. The van der Waals surface area contributed by atoms with Crippen LogP contribution in [0.2, 0.25) is 0 Å². The Morgan fingerprint density at radius 2 is 1.87 bits per heavy atom. The fourth-order valence-electron chi connectivity index (χ4n) is 3.52. The van der Waals surface area contributed by atoms with Gasteiger partial charge in [-0.25, -0.2) is 4.98 Å². The van der Waals surface area contributed by atoms with E-state index in [0.717, 1.165) is 66.4 Å². The highest BCUT2D eigenvalue weighted by Gasteiger charge is 2.15. The summed E-state index contributed by atoms with van der Waals surface area (Å²) in [7, 11) is 0. The predicted molar refractivity (Wildman–Crippen MR) is 123 cm³/mol. The van der Waals surface area contributed by atoms with Gasteiger partial charge in [0.05, 0.1) is 5.38 Å². The van der Waals surface area contributed by atoms with Gasteiger partial charge < -0.3 is 20.7 Å². The molecule has 1 atom stereocenters. The van der Waals surface area contributed by atoms with Crippen LogP contribution in [0.3, 0.4) is 0 Å². The molecule has 158 valence electrons. The maximum absolute atomic E-state index is 6.26. The molecule has 4 rings (SSSR count). The third-order valence-corrected chi connectivity index (χ3v) is 5.88. The monoisotopic (exact) mass is 425 g/mol. The van der Waals surface area contributed by atoms with Crippen LogP contribution in [0.1, 0.15) is 31.7 Å². The lowest BCUT2D eigenvalue weighted by Crippen LogP contribution is -2.34. The van der Waals surface area contributed by atoms with Crippen LogP contribution in [-0.4, -0.2) is 34.5 Å². The largest absolute Gasteiger partial charge is 0.490 e. The Morgan fingerprint density at radius 1 is 1.10 bits per heavy atom. The summed E-state index contributed by atoms with van der Waals surface area (Å²) in [5, 5.41) is 10.1. The second-order valence-corrected chi connectivity index (χ2v) is 8.34. The SMILES string of the molecule is CC1=CC(Nc2nc(Nc3ccc(OC4CCNCC4)cc3)ncc2C)=CCC1Cl. The third-order valence-electron chi connectivity index (χ3n) is 5.36. The number of aryl methyl sites for hydroxylation is 1. The minimum atomic E-state index is 0.0704. The molecular weight excluding hydrogens is 398 g/mol. The summed E-state index contributed by atoms with van der Waals surface area (Å²) in [6, 6.07) is 7.95. The Morgan fingerprint density at radius 3 is 2.60 bits per heavy atom. The summed E-state index contributed by atoms with van der Waals surface area (Å²) >= 11 is 6.26. The highest BCUT2D eigenvalue weighted by atomic mass is 35.5. The van der Waals surface area contributed by atoms with Gasteiger partial charge >= 0.3 is 0 Å². The summed E-state index contributed by atoms with van der Waals surface area (Å²) in [6.45, 7) is 6.07. The van der Waals surface area contributed by atoms with Crippen LogP contribution in [-0.2, 0) is 0 Å². The number of anilines is 3. The highest BCUT2D eigenvalue weighted by Crippen LogP contribution is 2.25. The Kier molecular flexibility index (Phi) is 6.55. The maximum atomic E-state index is 6.26. The molecule has 6 nitrogen and oxygen atoms in total. The van der Waals surface area contributed by atoms with Crippen LogP contribution in [0.25, 0.3) is 0 Å². The number of hydrogen-bond donors (Lipinski definition) is 3. The molecule has 0 bridgehead atoms. The van der Waals surface area contributed by atoms with Gasteiger partial charge in [-0.15, -0.1) is 11.6 Å². The van der Waals surface area contributed by atoms with E-state index in [1.165, 1.54) is 0 Å². The normalized spacial score (nSPS) is 19.6. The van der Waals surface area contributed by atoms with Crippen molar-refractivity contribution in [2.24, 2.45) is 0 Å². The zero-order valence-electron chi connectivity index (χ0n) is 17.4. The van der Waals surface area contributed by atoms with Crippen LogP contribution in [0.5, 0.6) is 5.75 Å². The number of benzene rings is 1. The summed E-state index contributed by atoms with van der Waals surface area (Å²) in [6.07, 6.45) is 9.18.